The molecule has 1 N–H and O–H groups in total. The highest BCUT2D eigenvalue weighted by atomic mass is 35.5. The molecule has 0 unspecified atom stereocenters. The van der Waals surface area contributed by atoms with E-state index in [2.05, 4.69) is 19.6 Å². The van der Waals surface area contributed by atoms with Crippen molar-refractivity contribution in [3.8, 4) is 22.5 Å². The van der Waals surface area contributed by atoms with Gasteiger partial charge in [0, 0.05) is 40.5 Å². The lowest BCUT2D eigenvalue weighted by Gasteiger charge is -2.31. The average Bonchev–Trinajstić information content (AvgIpc) is 3.31. The van der Waals surface area contributed by atoms with Gasteiger partial charge in [-0.25, -0.2) is 9.37 Å². The molecule has 6 nitrogen and oxygen atoms in total. The van der Waals surface area contributed by atoms with E-state index in [1.165, 1.54) is 12.1 Å². The van der Waals surface area contributed by atoms with E-state index in [1.54, 1.807) is 12.1 Å². The number of benzene rings is 3. The molecule has 2 aromatic heterocycles. The van der Waals surface area contributed by atoms with Crippen molar-refractivity contribution in [2.45, 2.75) is 19.4 Å². The van der Waals surface area contributed by atoms with Crippen molar-refractivity contribution < 1.29 is 9.18 Å². The molecule has 0 aliphatic carbocycles. The van der Waals surface area contributed by atoms with Crippen LogP contribution < -0.4 is 5.32 Å². The predicted molar refractivity (Wildman–Crippen MR) is 152 cm³/mol. The van der Waals surface area contributed by atoms with Crippen molar-refractivity contribution in [1.82, 2.24) is 19.3 Å². The first-order valence-corrected chi connectivity index (χ1v) is 13.4. The molecule has 6 rings (SSSR count). The third-order valence-corrected chi connectivity index (χ3v) is 7.47. The van der Waals surface area contributed by atoms with Crippen molar-refractivity contribution in [1.29, 1.82) is 0 Å². The Kier molecular flexibility index (Phi) is 7.09. The number of carbonyl (C=O) groups is 1. The minimum absolute atomic E-state index is 0.0597. The topological polar surface area (TPSA) is 62.5 Å². The van der Waals surface area contributed by atoms with E-state index in [4.69, 9.17) is 16.6 Å². The number of nitrogens with one attached hydrogen (secondary N) is 1. The summed E-state index contributed by atoms with van der Waals surface area (Å²) < 4.78 is 15.7. The molecule has 1 aliphatic heterocycles. The molecule has 0 saturated carbocycles. The number of fused-ring (bicyclic) bond motifs is 1. The summed E-state index contributed by atoms with van der Waals surface area (Å²) in [6.07, 6.45) is 5.32. The van der Waals surface area contributed by atoms with E-state index in [9.17, 15) is 9.18 Å². The smallest absolute Gasteiger partial charge is 0.227 e. The molecule has 1 saturated heterocycles. The molecule has 0 spiro atoms. The number of piperidine rings is 1. The molecule has 0 radical (unpaired) electrons. The van der Waals surface area contributed by atoms with Gasteiger partial charge in [0.15, 0.2) is 5.65 Å². The maximum absolute atomic E-state index is 13.5. The Bertz CT molecular complexity index is 1610. The molecule has 1 fully saturated rings. The number of anilines is 1. The van der Waals surface area contributed by atoms with Crippen LogP contribution >= 0.6 is 11.6 Å². The minimum Gasteiger partial charge on any atom is -0.326 e. The zero-order chi connectivity index (χ0) is 26.8. The van der Waals surface area contributed by atoms with Gasteiger partial charge in [0.2, 0.25) is 5.91 Å². The molecule has 39 heavy (non-hydrogen) atoms. The van der Waals surface area contributed by atoms with Gasteiger partial charge in [0.05, 0.1) is 23.3 Å². The Hall–Kier alpha value is -4.07. The third kappa shape index (κ3) is 5.55. The van der Waals surface area contributed by atoms with E-state index >= 15 is 0 Å². The Morgan fingerprint density at radius 1 is 0.974 bits per heavy atom. The first kappa shape index (κ1) is 25.2. The van der Waals surface area contributed by atoms with Crippen LogP contribution in [-0.4, -0.2) is 38.3 Å². The third-order valence-electron chi connectivity index (χ3n) is 7.22. The summed E-state index contributed by atoms with van der Waals surface area (Å²) in [4.78, 5) is 24.8. The predicted octanol–water partition coefficient (Wildman–Crippen LogP) is 6.71. The Morgan fingerprint density at radius 3 is 2.49 bits per heavy atom. The van der Waals surface area contributed by atoms with E-state index < -0.39 is 0 Å². The summed E-state index contributed by atoms with van der Waals surface area (Å²) in [6.45, 7) is 2.21. The molecule has 5 aromatic rings. The monoisotopic (exact) mass is 539 g/mol. The Balaban J connectivity index is 1.25. The number of hydrogen-bond acceptors (Lipinski definition) is 4. The maximum atomic E-state index is 13.5. The molecule has 196 valence electrons. The second-order valence-electron chi connectivity index (χ2n) is 9.83. The lowest BCUT2D eigenvalue weighted by molar-refractivity contribution is -0.121. The molecular formula is C31H27ClFN5O. The van der Waals surface area contributed by atoms with Crippen LogP contribution in [0, 0.1) is 11.7 Å². The standard InChI is InChI=1S/C31H27ClFN5O/c32-24-11-9-22(10-12-24)30-28(38-19-27(34-18-29(38)36-30)21-5-2-1-3-6-21)20-37-15-13-23(14-16-37)31(39)35-26-8-4-7-25(33)17-26/h1-12,17-19,23H,13-16,20H2,(H,35,39). The van der Waals surface area contributed by atoms with Gasteiger partial charge >= 0.3 is 0 Å². The molecule has 3 aromatic carbocycles. The van der Waals surface area contributed by atoms with Crippen LogP contribution in [0.3, 0.4) is 0 Å². The Morgan fingerprint density at radius 2 is 1.74 bits per heavy atom. The van der Waals surface area contributed by atoms with Crippen LogP contribution in [0.2, 0.25) is 5.02 Å². The number of carbonyl (C=O) groups excluding carboxylic acids is 1. The molecule has 1 aliphatic rings. The zero-order valence-corrected chi connectivity index (χ0v) is 22.0. The highest BCUT2D eigenvalue weighted by Gasteiger charge is 2.27. The van der Waals surface area contributed by atoms with Crippen LogP contribution in [0.1, 0.15) is 18.5 Å². The largest absolute Gasteiger partial charge is 0.326 e. The lowest BCUT2D eigenvalue weighted by atomic mass is 9.95. The van der Waals surface area contributed by atoms with Crippen molar-refractivity contribution in [3.63, 3.8) is 0 Å². The normalized spacial score (nSPS) is 14.5. The van der Waals surface area contributed by atoms with Gasteiger partial charge in [0.1, 0.15) is 5.82 Å². The molecule has 1 amide bonds. The van der Waals surface area contributed by atoms with Crippen molar-refractivity contribution in [2.75, 3.05) is 18.4 Å². The SMILES string of the molecule is O=C(Nc1cccc(F)c1)C1CCN(Cc2c(-c3ccc(Cl)cc3)nc3cnc(-c4ccccc4)cn23)CC1. The van der Waals surface area contributed by atoms with Crippen LogP contribution in [0.15, 0.2) is 91.3 Å². The highest BCUT2D eigenvalue weighted by molar-refractivity contribution is 6.30. The number of nitrogens with zero attached hydrogens (tertiary/aromatic N) is 4. The second kappa shape index (κ2) is 11.0. The summed E-state index contributed by atoms with van der Waals surface area (Å²) in [7, 11) is 0. The van der Waals surface area contributed by atoms with E-state index in [-0.39, 0.29) is 17.6 Å². The average molecular weight is 540 g/mol. The zero-order valence-electron chi connectivity index (χ0n) is 21.2. The number of rotatable bonds is 6. The van der Waals surface area contributed by atoms with Crippen LogP contribution in [0.25, 0.3) is 28.2 Å². The number of aromatic nitrogens is 3. The van der Waals surface area contributed by atoms with Gasteiger partial charge in [-0.05, 0) is 56.3 Å². The highest BCUT2D eigenvalue weighted by Crippen LogP contribution is 2.30. The van der Waals surface area contributed by atoms with Crippen LogP contribution in [0.5, 0.6) is 0 Å². The molecule has 0 atom stereocenters. The van der Waals surface area contributed by atoms with Crippen LogP contribution in [-0.2, 0) is 11.3 Å². The first-order chi connectivity index (χ1) is 19.0. The van der Waals surface area contributed by atoms with E-state index in [0.29, 0.717) is 17.3 Å². The lowest BCUT2D eigenvalue weighted by Crippen LogP contribution is -2.38. The van der Waals surface area contributed by atoms with Crippen molar-refractivity contribution >= 4 is 28.8 Å². The summed E-state index contributed by atoms with van der Waals surface area (Å²) in [5, 5.41) is 3.54. The van der Waals surface area contributed by atoms with Gasteiger partial charge in [0.25, 0.3) is 0 Å². The number of hydrogen-bond donors (Lipinski definition) is 1. The van der Waals surface area contributed by atoms with Gasteiger partial charge in [-0.15, -0.1) is 0 Å². The first-order valence-electron chi connectivity index (χ1n) is 13.0. The second-order valence-corrected chi connectivity index (χ2v) is 10.3. The fourth-order valence-electron chi connectivity index (χ4n) is 5.13. The molecule has 8 heteroatoms. The summed E-state index contributed by atoms with van der Waals surface area (Å²) in [5.41, 5.74) is 6.12. The molecule has 3 heterocycles. The van der Waals surface area contributed by atoms with E-state index in [1.807, 2.05) is 67.0 Å². The molecule has 0 bridgehead atoms. The number of imidazole rings is 1. The van der Waals surface area contributed by atoms with Gasteiger partial charge in [-0.2, -0.15) is 0 Å². The summed E-state index contributed by atoms with van der Waals surface area (Å²) in [6, 6.07) is 23.8. The number of likely N-dealkylation sites (tertiary alicyclic amines) is 1. The van der Waals surface area contributed by atoms with Gasteiger partial charge in [-0.1, -0.05) is 60.1 Å². The van der Waals surface area contributed by atoms with E-state index in [0.717, 1.165) is 59.8 Å². The van der Waals surface area contributed by atoms with Crippen molar-refractivity contribution in [3.05, 3.63) is 108 Å². The van der Waals surface area contributed by atoms with Crippen LogP contribution in [0.4, 0.5) is 10.1 Å². The van der Waals surface area contributed by atoms with Gasteiger partial charge in [-0.3, -0.25) is 19.1 Å². The van der Waals surface area contributed by atoms with Gasteiger partial charge < -0.3 is 5.32 Å². The fourth-order valence-corrected chi connectivity index (χ4v) is 5.25. The fraction of sp³-hybridized carbons (Fsp3) is 0.194. The maximum Gasteiger partial charge on any atom is 0.227 e. The quantitative estimate of drug-likeness (QED) is 0.260. The van der Waals surface area contributed by atoms with Crippen molar-refractivity contribution in [2.24, 2.45) is 5.92 Å². The summed E-state index contributed by atoms with van der Waals surface area (Å²) >= 11 is 6.16. The molecular weight excluding hydrogens is 513 g/mol. The minimum atomic E-state index is -0.363. The number of amides is 1. The number of halogens is 2. The Labute approximate surface area is 231 Å². The summed E-state index contributed by atoms with van der Waals surface area (Å²) in [5.74, 6) is -0.537.